The summed E-state index contributed by atoms with van der Waals surface area (Å²) in [5.74, 6) is 0.907. The Labute approximate surface area is 124 Å². The summed E-state index contributed by atoms with van der Waals surface area (Å²) in [6, 6.07) is 9.27. The molecule has 1 aromatic rings. The van der Waals surface area contributed by atoms with Crippen LogP contribution in [0.4, 0.5) is 0 Å². The molecule has 0 aromatic heterocycles. The molecule has 1 nitrogen and oxygen atoms in total. The fourth-order valence-electron chi connectivity index (χ4n) is 2.10. The van der Waals surface area contributed by atoms with Gasteiger partial charge in [-0.1, -0.05) is 58.3 Å². The van der Waals surface area contributed by atoms with E-state index in [4.69, 9.17) is 4.74 Å². The van der Waals surface area contributed by atoms with Gasteiger partial charge in [-0.25, -0.2) is 0 Å². The summed E-state index contributed by atoms with van der Waals surface area (Å²) in [7, 11) is 1.71. The monoisotopic (exact) mass is 240 g/mol. The first-order valence-electron chi connectivity index (χ1n) is 6.66. The Morgan fingerprint density at radius 1 is 1.17 bits per heavy atom. The van der Waals surface area contributed by atoms with Gasteiger partial charge in [-0.15, -0.1) is 17.7 Å². The molecule has 0 bridgehead atoms. The van der Waals surface area contributed by atoms with Gasteiger partial charge in [0.05, 0.1) is 7.11 Å². The summed E-state index contributed by atoms with van der Waals surface area (Å²) in [6.07, 6.45) is 6.52. The minimum Gasteiger partial charge on any atom is -0.554 e. The Kier molecular flexibility index (Phi) is 8.49. The van der Waals surface area contributed by atoms with Crippen LogP contribution in [0.2, 0.25) is 0 Å². The topological polar surface area (TPSA) is 9.23 Å². The Hall–Kier alpha value is -0.383. The molecule has 1 aromatic carbocycles. The fraction of sp³-hybridized carbons (Fsp3) is 0.625. The normalized spacial score (nSPS) is 10.9. The molecule has 1 rings (SSSR count). The van der Waals surface area contributed by atoms with Crippen molar-refractivity contribution in [3.8, 4) is 5.75 Å². The molecule has 0 aliphatic heterocycles. The van der Waals surface area contributed by atoms with Gasteiger partial charge in [0.2, 0.25) is 0 Å². The maximum atomic E-state index is 5.26. The molecule has 0 aliphatic carbocycles. The number of hydrogen-bond donors (Lipinski definition) is 0. The first kappa shape index (κ1) is 17.6. The van der Waals surface area contributed by atoms with Gasteiger partial charge in [0.15, 0.2) is 0 Å². The average molecular weight is 240 g/mol. The predicted octanol–water partition coefficient (Wildman–Crippen LogP) is 1.75. The zero-order valence-electron chi connectivity index (χ0n) is 12.7. The second-order valence-electron chi connectivity index (χ2n) is 5.36. The van der Waals surface area contributed by atoms with Crippen molar-refractivity contribution < 1.29 is 23.6 Å². The largest absolute Gasteiger partial charge is 1.00 e. The smallest absolute Gasteiger partial charge is 0.554 e. The van der Waals surface area contributed by atoms with Crippen molar-refractivity contribution in [1.29, 1.82) is 0 Å². The maximum Gasteiger partial charge on any atom is 1.00 e. The van der Waals surface area contributed by atoms with Gasteiger partial charge in [-0.3, -0.25) is 0 Å². The van der Waals surface area contributed by atoms with Crippen molar-refractivity contribution in [2.75, 3.05) is 7.11 Å². The standard InChI is InChI=1S/C16H25O.Li/c1-5-6-7-8-12-16(2,3)14-10-9-11-15(13-14)17-4;/h10-11,13H,5-8,12H2,1-4H3;/q-1;+1. The first-order valence-corrected chi connectivity index (χ1v) is 6.66. The maximum absolute atomic E-state index is 5.26. The summed E-state index contributed by atoms with van der Waals surface area (Å²) in [4.78, 5) is 0. The zero-order valence-corrected chi connectivity index (χ0v) is 12.7. The van der Waals surface area contributed by atoms with Crippen LogP contribution in [0.1, 0.15) is 58.4 Å². The van der Waals surface area contributed by atoms with E-state index in [1.165, 1.54) is 37.7 Å². The van der Waals surface area contributed by atoms with Crippen molar-refractivity contribution in [3.63, 3.8) is 0 Å². The van der Waals surface area contributed by atoms with Crippen LogP contribution in [0.5, 0.6) is 5.75 Å². The molecule has 2 heteroatoms. The summed E-state index contributed by atoms with van der Waals surface area (Å²) >= 11 is 0. The van der Waals surface area contributed by atoms with Gasteiger partial charge >= 0.3 is 18.9 Å². The van der Waals surface area contributed by atoms with E-state index in [1.54, 1.807) is 7.11 Å². The van der Waals surface area contributed by atoms with Crippen LogP contribution in [0.15, 0.2) is 18.2 Å². The van der Waals surface area contributed by atoms with Gasteiger partial charge in [0, 0.05) is 5.75 Å². The van der Waals surface area contributed by atoms with E-state index in [-0.39, 0.29) is 24.3 Å². The summed E-state index contributed by atoms with van der Waals surface area (Å²) in [5, 5.41) is 0. The molecule has 18 heavy (non-hydrogen) atoms. The quantitative estimate of drug-likeness (QED) is 0.401. The van der Waals surface area contributed by atoms with Crippen molar-refractivity contribution in [1.82, 2.24) is 0 Å². The molecule has 96 valence electrons. The van der Waals surface area contributed by atoms with Crippen LogP contribution < -0.4 is 23.6 Å². The fourth-order valence-corrected chi connectivity index (χ4v) is 2.10. The molecule has 0 spiro atoms. The van der Waals surface area contributed by atoms with Crippen molar-refractivity contribution >= 4 is 0 Å². The van der Waals surface area contributed by atoms with E-state index in [2.05, 4.69) is 39.0 Å². The van der Waals surface area contributed by atoms with Crippen LogP contribution in [0, 0.1) is 6.07 Å². The Bertz CT molecular complexity index is 334. The molecule has 0 saturated carbocycles. The van der Waals surface area contributed by atoms with E-state index < -0.39 is 0 Å². The second-order valence-corrected chi connectivity index (χ2v) is 5.36. The van der Waals surface area contributed by atoms with E-state index in [9.17, 15) is 0 Å². The molecule has 0 fully saturated rings. The predicted molar refractivity (Wildman–Crippen MR) is 73.6 cm³/mol. The number of benzene rings is 1. The first-order chi connectivity index (χ1) is 8.10. The van der Waals surface area contributed by atoms with Crippen molar-refractivity contribution in [3.05, 3.63) is 29.8 Å². The summed E-state index contributed by atoms with van der Waals surface area (Å²) in [6.45, 7) is 6.87. The van der Waals surface area contributed by atoms with Crippen LogP contribution in [-0.4, -0.2) is 7.11 Å². The van der Waals surface area contributed by atoms with E-state index in [0.717, 1.165) is 5.75 Å². The molecule has 0 heterocycles. The Balaban J connectivity index is 0.00000289. The SMILES string of the molecule is CCCCCCC(C)(C)c1c[c-]cc(OC)c1.[Li+]. The Morgan fingerprint density at radius 3 is 2.50 bits per heavy atom. The number of hydrogen-bond acceptors (Lipinski definition) is 1. The zero-order chi connectivity index (χ0) is 12.7. The molecule has 0 radical (unpaired) electrons. The molecule has 0 atom stereocenters. The van der Waals surface area contributed by atoms with Crippen molar-refractivity contribution in [2.24, 2.45) is 0 Å². The summed E-state index contributed by atoms with van der Waals surface area (Å²) in [5.41, 5.74) is 1.55. The van der Waals surface area contributed by atoms with Gasteiger partial charge in [0.25, 0.3) is 0 Å². The molecule has 0 saturated heterocycles. The Morgan fingerprint density at radius 2 is 1.89 bits per heavy atom. The van der Waals surface area contributed by atoms with E-state index in [1.807, 2.05) is 6.07 Å². The minimum absolute atomic E-state index is 0. The van der Waals surface area contributed by atoms with Gasteiger partial charge in [-0.05, 0) is 0 Å². The van der Waals surface area contributed by atoms with Gasteiger partial charge < -0.3 is 4.74 Å². The molecular formula is C16H25LiO. The van der Waals surface area contributed by atoms with Gasteiger partial charge in [0.1, 0.15) is 0 Å². The molecule has 0 unspecified atom stereocenters. The molecule has 0 N–H and O–H groups in total. The third-order valence-corrected chi connectivity index (χ3v) is 3.43. The van der Waals surface area contributed by atoms with Crippen LogP contribution >= 0.6 is 0 Å². The third kappa shape index (κ3) is 5.51. The number of methoxy groups -OCH3 is 1. The van der Waals surface area contributed by atoms with Crippen molar-refractivity contribution in [2.45, 2.75) is 58.3 Å². The second kappa shape index (κ2) is 8.67. The summed E-state index contributed by atoms with van der Waals surface area (Å²) < 4.78 is 5.26. The number of rotatable bonds is 7. The van der Waals surface area contributed by atoms with Crippen LogP contribution in [0.3, 0.4) is 0 Å². The van der Waals surface area contributed by atoms with Crippen LogP contribution in [0.25, 0.3) is 0 Å². The minimum atomic E-state index is 0. The molecule has 0 amide bonds. The number of ether oxygens (including phenoxy) is 1. The average Bonchev–Trinajstić information content (AvgIpc) is 2.35. The van der Waals surface area contributed by atoms with Crippen LogP contribution in [-0.2, 0) is 5.41 Å². The third-order valence-electron chi connectivity index (χ3n) is 3.43. The van der Waals surface area contributed by atoms with Gasteiger partial charge in [-0.2, -0.15) is 12.1 Å². The molecular weight excluding hydrogens is 215 g/mol. The van der Waals surface area contributed by atoms with E-state index in [0.29, 0.717) is 0 Å². The number of unbranched alkanes of at least 4 members (excludes halogenated alkanes) is 3. The van der Waals surface area contributed by atoms with E-state index >= 15 is 0 Å². The molecule has 0 aliphatic rings.